The van der Waals surface area contributed by atoms with Gasteiger partial charge in [-0.3, -0.25) is 19.8 Å². The van der Waals surface area contributed by atoms with Gasteiger partial charge in [-0.15, -0.1) is 0 Å². The molecule has 2 aromatic heterocycles. The Balaban J connectivity index is 1.24. The lowest BCUT2D eigenvalue weighted by Crippen LogP contribution is -2.45. The van der Waals surface area contributed by atoms with Crippen LogP contribution in [0.5, 0.6) is 0 Å². The topological polar surface area (TPSA) is 32.3 Å². The first-order valence-corrected chi connectivity index (χ1v) is 12.5. The maximum atomic E-state index is 5.04. The van der Waals surface area contributed by atoms with Crippen molar-refractivity contribution in [1.29, 1.82) is 0 Å². The molecule has 3 heterocycles. The van der Waals surface area contributed by atoms with Gasteiger partial charge in [-0.1, -0.05) is 12.1 Å². The molecule has 1 aliphatic rings. The molecule has 5 rings (SSSR count). The summed E-state index contributed by atoms with van der Waals surface area (Å²) in [5, 5.41) is 2.50. The van der Waals surface area contributed by atoms with E-state index in [-0.39, 0.29) is 0 Å². The van der Waals surface area contributed by atoms with Crippen molar-refractivity contribution in [2.75, 3.05) is 26.2 Å². The van der Waals surface area contributed by atoms with Gasteiger partial charge in [-0.05, 0) is 99.2 Å². The SMILES string of the molecule is Cc1cc2ccc(CN3CCN(Cc4ccc5cc(C)c(C)c(C)c5n4)CC3)nc2c(C)c1C. The Bertz CT molecular complexity index is 1270. The Kier molecular flexibility index (Phi) is 6.13. The molecule has 0 aliphatic carbocycles. The summed E-state index contributed by atoms with van der Waals surface area (Å²) in [6, 6.07) is 13.4. The quantitative estimate of drug-likeness (QED) is 0.383. The zero-order valence-corrected chi connectivity index (χ0v) is 21.5. The summed E-state index contributed by atoms with van der Waals surface area (Å²) in [5.74, 6) is 0. The number of benzene rings is 2. The fraction of sp³-hybridized carbons (Fsp3) is 0.400. The number of aromatic nitrogens is 2. The number of hydrogen-bond acceptors (Lipinski definition) is 4. The molecule has 176 valence electrons. The highest BCUT2D eigenvalue weighted by Crippen LogP contribution is 2.25. The van der Waals surface area contributed by atoms with Crippen molar-refractivity contribution in [2.45, 2.75) is 54.6 Å². The molecule has 0 bridgehead atoms. The molecule has 34 heavy (non-hydrogen) atoms. The monoisotopic (exact) mass is 452 g/mol. The number of aryl methyl sites for hydroxylation is 4. The van der Waals surface area contributed by atoms with Crippen LogP contribution in [0.2, 0.25) is 0 Å². The standard InChI is InChI=1S/C30H36N4/c1-19-15-25-7-9-27(31-29(25)23(5)21(19)3)17-33-11-13-34(14-12-33)18-28-10-8-26-16-20(2)22(4)24(6)30(26)32-28/h7-10,15-16H,11-14,17-18H2,1-6H3. The second-order valence-corrected chi connectivity index (χ2v) is 10.2. The number of fused-ring (bicyclic) bond motifs is 2. The second kappa shape index (κ2) is 9.09. The molecule has 0 N–H and O–H groups in total. The van der Waals surface area contributed by atoms with Crippen molar-refractivity contribution in [3.8, 4) is 0 Å². The van der Waals surface area contributed by atoms with Crippen LogP contribution in [0.15, 0.2) is 36.4 Å². The summed E-state index contributed by atoms with van der Waals surface area (Å²) in [6.07, 6.45) is 0. The van der Waals surface area contributed by atoms with Gasteiger partial charge < -0.3 is 0 Å². The molecular weight excluding hydrogens is 416 g/mol. The third-order valence-electron chi connectivity index (χ3n) is 7.97. The molecule has 0 unspecified atom stereocenters. The second-order valence-electron chi connectivity index (χ2n) is 10.2. The van der Waals surface area contributed by atoms with Gasteiger partial charge in [-0.25, -0.2) is 0 Å². The number of nitrogens with zero attached hydrogens (tertiary/aromatic N) is 4. The van der Waals surface area contributed by atoms with E-state index in [1.54, 1.807) is 0 Å². The summed E-state index contributed by atoms with van der Waals surface area (Å²) in [6.45, 7) is 19.3. The minimum Gasteiger partial charge on any atom is -0.295 e. The number of rotatable bonds is 4. The third kappa shape index (κ3) is 4.33. The Morgan fingerprint density at radius 3 is 1.32 bits per heavy atom. The zero-order valence-electron chi connectivity index (χ0n) is 21.5. The molecule has 0 radical (unpaired) electrons. The molecule has 0 atom stereocenters. The predicted molar refractivity (Wildman–Crippen MR) is 142 cm³/mol. The Morgan fingerprint density at radius 2 is 0.941 bits per heavy atom. The lowest BCUT2D eigenvalue weighted by molar-refractivity contribution is 0.120. The minimum atomic E-state index is 0.919. The van der Waals surface area contributed by atoms with E-state index in [9.17, 15) is 0 Å². The first-order chi connectivity index (χ1) is 16.3. The maximum Gasteiger partial charge on any atom is 0.0737 e. The molecule has 1 saturated heterocycles. The molecule has 1 aliphatic heterocycles. The summed E-state index contributed by atoms with van der Waals surface area (Å²) >= 11 is 0. The molecule has 4 aromatic rings. The summed E-state index contributed by atoms with van der Waals surface area (Å²) in [4.78, 5) is 15.2. The summed E-state index contributed by atoms with van der Waals surface area (Å²) in [7, 11) is 0. The molecule has 4 nitrogen and oxygen atoms in total. The fourth-order valence-corrected chi connectivity index (χ4v) is 5.22. The average molecular weight is 453 g/mol. The molecule has 2 aromatic carbocycles. The number of piperazine rings is 1. The lowest BCUT2D eigenvalue weighted by atomic mass is 10.00. The third-order valence-corrected chi connectivity index (χ3v) is 7.97. The first kappa shape index (κ1) is 22.9. The van der Waals surface area contributed by atoms with Gasteiger partial charge in [0.2, 0.25) is 0 Å². The zero-order chi connectivity index (χ0) is 24.0. The minimum absolute atomic E-state index is 0.919. The molecule has 1 fully saturated rings. The predicted octanol–water partition coefficient (Wildman–Crippen LogP) is 5.95. The Hall–Kier alpha value is -2.82. The van der Waals surface area contributed by atoms with Crippen LogP contribution >= 0.6 is 0 Å². The van der Waals surface area contributed by atoms with Crippen LogP contribution in [0.4, 0.5) is 0 Å². The van der Waals surface area contributed by atoms with E-state index in [0.717, 1.165) is 50.3 Å². The van der Waals surface area contributed by atoms with Gasteiger partial charge in [0.05, 0.1) is 22.4 Å². The molecular formula is C30H36N4. The van der Waals surface area contributed by atoms with Gasteiger partial charge in [0, 0.05) is 50.0 Å². The van der Waals surface area contributed by atoms with E-state index in [1.807, 2.05) is 0 Å². The fourth-order valence-electron chi connectivity index (χ4n) is 5.22. The van der Waals surface area contributed by atoms with Crippen LogP contribution in [-0.2, 0) is 13.1 Å². The van der Waals surface area contributed by atoms with Crippen LogP contribution < -0.4 is 0 Å². The first-order valence-electron chi connectivity index (χ1n) is 12.5. The van der Waals surface area contributed by atoms with E-state index >= 15 is 0 Å². The van der Waals surface area contributed by atoms with Crippen molar-refractivity contribution in [3.63, 3.8) is 0 Å². The Labute approximate surface area is 203 Å². The summed E-state index contributed by atoms with van der Waals surface area (Å²) < 4.78 is 0. The number of pyridine rings is 2. The van der Waals surface area contributed by atoms with E-state index in [0.29, 0.717) is 0 Å². The van der Waals surface area contributed by atoms with Crippen molar-refractivity contribution in [3.05, 3.63) is 81.2 Å². The van der Waals surface area contributed by atoms with Crippen molar-refractivity contribution < 1.29 is 0 Å². The van der Waals surface area contributed by atoms with Crippen LogP contribution in [0, 0.1) is 41.5 Å². The van der Waals surface area contributed by atoms with Gasteiger partial charge in [0.25, 0.3) is 0 Å². The smallest absolute Gasteiger partial charge is 0.0737 e. The Morgan fingerprint density at radius 1 is 0.559 bits per heavy atom. The van der Waals surface area contributed by atoms with Crippen LogP contribution in [0.1, 0.15) is 44.8 Å². The molecule has 4 heteroatoms. The average Bonchev–Trinajstić information content (AvgIpc) is 2.83. The van der Waals surface area contributed by atoms with Crippen LogP contribution in [0.3, 0.4) is 0 Å². The highest BCUT2D eigenvalue weighted by molar-refractivity contribution is 5.84. The van der Waals surface area contributed by atoms with E-state index in [2.05, 4.69) is 87.7 Å². The number of hydrogen-bond donors (Lipinski definition) is 0. The molecule has 0 saturated carbocycles. The van der Waals surface area contributed by atoms with E-state index < -0.39 is 0 Å². The van der Waals surface area contributed by atoms with Gasteiger partial charge in [0.1, 0.15) is 0 Å². The largest absolute Gasteiger partial charge is 0.295 e. The molecule has 0 amide bonds. The van der Waals surface area contributed by atoms with Crippen molar-refractivity contribution in [2.24, 2.45) is 0 Å². The molecule has 0 spiro atoms. The van der Waals surface area contributed by atoms with Gasteiger partial charge in [0.15, 0.2) is 0 Å². The van der Waals surface area contributed by atoms with Gasteiger partial charge >= 0.3 is 0 Å². The lowest BCUT2D eigenvalue weighted by Gasteiger charge is -2.34. The van der Waals surface area contributed by atoms with Crippen LogP contribution in [0.25, 0.3) is 21.8 Å². The summed E-state index contributed by atoms with van der Waals surface area (Å²) in [5.41, 5.74) is 12.7. The van der Waals surface area contributed by atoms with E-state index in [4.69, 9.17) is 9.97 Å². The highest BCUT2D eigenvalue weighted by Gasteiger charge is 2.19. The van der Waals surface area contributed by atoms with E-state index in [1.165, 1.54) is 55.5 Å². The normalized spacial score (nSPS) is 15.5. The van der Waals surface area contributed by atoms with Crippen molar-refractivity contribution in [1.82, 2.24) is 19.8 Å². The maximum absolute atomic E-state index is 5.04. The van der Waals surface area contributed by atoms with Crippen molar-refractivity contribution >= 4 is 21.8 Å². The van der Waals surface area contributed by atoms with Crippen LogP contribution in [-0.4, -0.2) is 45.9 Å². The van der Waals surface area contributed by atoms with Gasteiger partial charge in [-0.2, -0.15) is 0 Å². The highest BCUT2D eigenvalue weighted by atomic mass is 15.3.